The molecule has 0 unspecified atom stereocenters. The second-order valence-corrected chi connectivity index (χ2v) is 8.51. The third kappa shape index (κ3) is 4.19. The highest BCUT2D eigenvalue weighted by atomic mass is 32.1. The van der Waals surface area contributed by atoms with Gasteiger partial charge in [-0.3, -0.25) is 9.59 Å². The van der Waals surface area contributed by atoms with Crippen molar-refractivity contribution in [2.45, 2.75) is 26.8 Å². The first-order valence-corrected chi connectivity index (χ1v) is 10.7. The van der Waals surface area contributed by atoms with Crippen molar-refractivity contribution in [2.24, 2.45) is 0 Å². The number of amides is 1. The van der Waals surface area contributed by atoms with Crippen molar-refractivity contribution in [2.75, 3.05) is 6.54 Å². The molecule has 152 valence electrons. The molecule has 4 aromatic rings. The van der Waals surface area contributed by atoms with Crippen LogP contribution in [-0.2, 0) is 13.0 Å². The van der Waals surface area contributed by atoms with Gasteiger partial charge in [0.1, 0.15) is 10.7 Å². The largest absolute Gasteiger partial charge is 0.331 e. The van der Waals surface area contributed by atoms with Gasteiger partial charge in [0, 0.05) is 17.0 Å². The highest BCUT2D eigenvalue weighted by Gasteiger charge is 2.19. The number of nitrogens with zero attached hydrogens (tertiary/aromatic N) is 2. The summed E-state index contributed by atoms with van der Waals surface area (Å²) in [5.41, 5.74) is 2.60. The summed E-state index contributed by atoms with van der Waals surface area (Å²) in [4.78, 5) is 36.9. The quantitative estimate of drug-likeness (QED) is 0.503. The SMILES string of the molecule is Cc1sc2nc(CN(CCc3ccccc3)C(=O)c3ccccc3)[nH]c(=O)c2c1C. The fourth-order valence-electron chi connectivity index (χ4n) is 3.48. The Bertz CT molecular complexity index is 1230. The van der Waals surface area contributed by atoms with Crippen LogP contribution in [0.3, 0.4) is 0 Å². The molecule has 30 heavy (non-hydrogen) atoms. The van der Waals surface area contributed by atoms with Crippen LogP contribution in [0.4, 0.5) is 0 Å². The summed E-state index contributed by atoms with van der Waals surface area (Å²) >= 11 is 1.51. The number of hydrogen-bond acceptors (Lipinski definition) is 4. The number of H-pyrrole nitrogens is 1. The van der Waals surface area contributed by atoms with Crippen LogP contribution >= 0.6 is 11.3 Å². The summed E-state index contributed by atoms with van der Waals surface area (Å²) in [5, 5.41) is 0.645. The van der Waals surface area contributed by atoms with Crippen molar-refractivity contribution in [1.82, 2.24) is 14.9 Å². The Hall–Kier alpha value is -3.25. The lowest BCUT2D eigenvalue weighted by atomic mass is 10.1. The number of carbonyl (C=O) groups excluding carboxylic acids is 1. The van der Waals surface area contributed by atoms with E-state index in [1.54, 1.807) is 4.90 Å². The van der Waals surface area contributed by atoms with E-state index in [-0.39, 0.29) is 18.0 Å². The van der Waals surface area contributed by atoms with Gasteiger partial charge >= 0.3 is 0 Å². The number of aromatic amines is 1. The minimum atomic E-state index is -0.146. The van der Waals surface area contributed by atoms with Crippen LogP contribution in [0.15, 0.2) is 65.5 Å². The number of carbonyl (C=O) groups is 1. The predicted octanol–water partition coefficient (Wildman–Crippen LogP) is 4.49. The molecule has 0 saturated heterocycles. The maximum Gasteiger partial charge on any atom is 0.259 e. The smallest absolute Gasteiger partial charge is 0.259 e. The molecule has 0 aliphatic carbocycles. The van der Waals surface area contributed by atoms with Gasteiger partial charge in [0.15, 0.2) is 0 Å². The van der Waals surface area contributed by atoms with E-state index < -0.39 is 0 Å². The number of aromatic nitrogens is 2. The first-order chi connectivity index (χ1) is 14.5. The molecule has 2 aromatic carbocycles. The van der Waals surface area contributed by atoms with Crippen LogP contribution in [0.25, 0.3) is 10.2 Å². The van der Waals surface area contributed by atoms with E-state index in [9.17, 15) is 9.59 Å². The molecule has 6 heteroatoms. The molecular weight excluding hydrogens is 394 g/mol. The third-order valence-corrected chi connectivity index (χ3v) is 6.35. The summed E-state index contributed by atoms with van der Waals surface area (Å²) in [6.45, 7) is 4.71. The summed E-state index contributed by atoms with van der Waals surface area (Å²) < 4.78 is 0. The number of fused-ring (bicyclic) bond motifs is 1. The van der Waals surface area contributed by atoms with Gasteiger partial charge in [0.2, 0.25) is 0 Å². The maximum atomic E-state index is 13.2. The summed E-state index contributed by atoms with van der Waals surface area (Å²) in [6.07, 6.45) is 0.725. The van der Waals surface area contributed by atoms with Crippen molar-refractivity contribution in [3.8, 4) is 0 Å². The van der Waals surface area contributed by atoms with E-state index in [1.807, 2.05) is 62.4 Å². The van der Waals surface area contributed by atoms with E-state index in [4.69, 9.17) is 0 Å². The maximum absolute atomic E-state index is 13.2. The first kappa shape index (κ1) is 20.0. The number of hydrogen-bond donors (Lipinski definition) is 1. The number of benzene rings is 2. The van der Waals surface area contributed by atoms with Gasteiger partial charge in [-0.05, 0) is 43.5 Å². The van der Waals surface area contributed by atoms with E-state index in [2.05, 4.69) is 22.1 Å². The molecule has 4 rings (SSSR count). The van der Waals surface area contributed by atoms with Gasteiger partial charge in [-0.15, -0.1) is 11.3 Å². The van der Waals surface area contributed by atoms with Gasteiger partial charge in [-0.25, -0.2) is 4.98 Å². The molecule has 2 aromatic heterocycles. The molecule has 0 spiro atoms. The lowest BCUT2D eigenvalue weighted by Crippen LogP contribution is -2.33. The highest BCUT2D eigenvalue weighted by Crippen LogP contribution is 2.25. The molecule has 2 heterocycles. The predicted molar refractivity (Wildman–Crippen MR) is 121 cm³/mol. The molecule has 0 radical (unpaired) electrons. The fraction of sp³-hybridized carbons (Fsp3) is 0.208. The van der Waals surface area contributed by atoms with Gasteiger partial charge < -0.3 is 9.88 Å². The Kier molecular flexibility index (Phi) is 5.77. The lowest BCUT2D eigenvalue weighted by Gasteiger charge is -2.22. The molecule has 0 aliphatic heterocycles. The second kappa shape index (κ2) is 8.63. The van der Waals surface area contributed by atoms with Crippen LogP contribution in [0.5, 0.6) is 0 Å². The molecule has 0 saturated carbocycles. The average molecular weight is 418 g/mol. The number of nitrogens with one attached hydrogen (secondary N) is 1. The van der Waals surface area contributed by atoms with Crippen molar-refractivity contribution in [1.29, 1.82) is 0 Å². The van der Waals surface area contributed by atoms with E-state index in [1.165, 1.54) is 11.3 Å². The topological polar surface area (TPSA) is 66.1 Å². The Labute approximate surface area is 179 Å². The van der Waals surface area contributed by atoms with Gasteiger partial charge in [0.05, 0.1) is 11.9 Å². The fourth-order valence-corrected chi connectivity index (χ4v) is 4.53. The Balaban J connectivity index is 1.64. The van der Waals surface area contributed by atoms with Crippen LogP contribution in [0, 0.1) is 13.8 Å². The van der Waals surface area contributed by atoms with E-state index in [0.29, 0.717) is 23.3 Å². The van der Waals surface area contributed by atoms with Crippen molar-refractivity contribution in [3.63, 3.8) is 0 Å². The number of aryl methyl sites for hydroxylation is 2. The number of thiophene rings is 1. The number of rotatable bonds is 6. The zero-order valence-electron chi connectivity index (χ0n) is 17.0. The van der Waals surface area contributed by atoms with Crippen molar-refractivity contribution in [3.05, 3.63) is 98.4 Å². The zero-order chi connectivity index (χ0) is 21.1. The van der Waals surface area contributed by atoms with Crippen LogP contribution in [0.1, 0.15) is 32.2 Å². The van der Waals surface area contributed by atoms with Gasteiger partial charge in [-0.2, -0.15) is 0 Å². The Morgan fingerprint density at radius 1 is 1.03 bits per heavy atom. The summed E-state index contributed by atoms with van der Waals surface area (Å²) in [6, 6.07) is 19.3. The van der Waals surface area contributed by atoms with E-state index in [0.717, 1.165) is 27.3 Å². The highest BCUT2D eigenvalue weighted by molar-refractivity contribution is 7.18. The first-order valence-electron chi connectivity index (χ1n) is 9.90. The average Bonchev–Trinajstić information content (AvgIpc) is 3.05. The van der Waals surface area contributed by atoms with Crippen LogP contribution in [0.2, 0.25) is 0 Å². The minimum absolute atomic E-state index is 0.0761. The van der Waals surface area contributed by atoms with Crippen LogP contribution in [-0.4, -0.2) is 27.3 Å². The third-order valence-electron chi connectivity index (χ3n) is 5.25. The summed E-state index contributed by atoms with van der Waals surface area (Å²) in [5.74, 6) is 0.430. The Morgan fingerprint density at radius 3 is 2.40 bits per heavy atom. The van der Waals surface area contributed by atoms with Gasteiger partial charge in [0.25, 0.3) is 11.5 Å². The second-order valence-electron chi connectivity index (χ2n) is 7.30. The molecule has 5 nitrogen and oxygen atoms in total. The molecule has 1 amide bonds. The van der Waals surface area contributed by atoms with Crippen LogP contribution < -0.4 is 5.56 Å². The molecule has 1 N–H and O–H groups in total. The van der Waals surface area contributed by atoms with Crippen molar-refractivity contribution < 1.29 is 4.79 Å². The molecule has 0 aliphatic rings. The Morgan fingerprint density at radius 2 is 1.70 bits per heavy atom. The molecular formula is C24H23N3O2S. The summed E-state index contributed by atoms with van der Waals surface area (Å²) in [7, 11) is 0. The normalized spacial score (nSPS) is 11.0. The van der Waals surface area contributed by atoms with Gasteiger partial charge in [-0.1, -0.05) is 48.5 Å². The molecule has 0 fully saturated rings. The monoisotopic (exact) mass is 417 g/mol. The lowest BCUT2D eigenvalue weighted by molar-refractivity contribution is 0.0741. The van der Waals surface area contributed by atoms with E-state index >= 15 is 0 Å². The molecule has 0 atom stereocenters. The minimum Gasteiger partial charge on any atom is -0.331 e. The zero-order valence-corrected chi connectivity index (χ0v) is 17.8. The molecule has 0 bridgehead atoms. The standard InChI is InChI=1S/C24H23N3O2S/c1-16-17(2)30-23-21(16)22(28)25-20(26-23)15-27(14-13-18-9-5-3-6-10-18)24(29)19-11-7-4-8-12-19/h3-12H,13-15H2,1-2H3,(H,25,26,28). The van der Waals surface area contributed by atoms with Crippen molar-refractivity contribution >= 4 is 27.5 Å².